The highest BCUT2D eigenvalue weighted by atomic mass is 16.7. The van der Waals surface area contributed by atoms with Crippen molar-refractivity contribution in [1.29, 1.82) is 0 Å². The number of carbonyl (C=O) groups excluding carboxylic acids is 1. The smallest absolute Gasteiger partial charge is 0.220 e. The van der Waals surface area contributed by atoms with E-state index in [1.807, 2.05) is 0 Å². The number of amides is 1. The van der Waals surface area contributed by atoms with Gasteiger partial charge in [0.25, 0.3) is 0 Å². The van der Waals surface area contributed by atoms with E-state index in [9.17, 15) is 45.6 Å². The summed E-state index contributed by atoms with van der Waals surface area (Å²) in [5, 5.41) is 88.0. The number of hydrogen-bond acceptors (Lipinski definition) is 13. The van der Waals surface area contributed by atoms with E-state index in [0.29, 0.717) is 12.8 Å². The molecule has 0 aliphatic carbocycles. The molecule has 2 heterocycles. The van der Waals surface area contributed by atoms with Gasteiger partial charge in [-0.05, 0) is 38.5 Å². The summed E-state index contributed by atoms with van der Waals surface area (Å²) in [6, 6.07) is -0.827. The molecule has 14 nitrogen and oxygen atoms in total. The lowest BCUT2D eigenvalue weighted by Crippen LogP contribution is -2.65. The standard InChI is InChI=1S/C89H173NO13/c1-3-5-7-9-11-13-15-17-19-21-23-25-27-29-31-33-34-35-36-37-38-39-40-41-42-43-44-45-47-49-51-53-55-57-59-61-63-65-67-69-71-73-81(94)90-77(76-100-88-86(99)84(97)87(80(75-92)102-88)103-89-85(98)83(96)82(95)79(74-91)101-89)78(93)72-70-68-66-64-62-60-58-56-54-52-50-48-46-32-30-28-26-24-22-20-18-16-14-12-10-8-6-4-2/h21,23,77-80,82-89,91-93,95-99H,3-20,22,24-76H2,1-2H3,(H,90,94)/b23-21-. The predicted molar refractivity (Wildman–Crippen MR) is 429 cm³/mol. The van der Waals surface area contributed by atoms with Crippen LogP contribution < -0.4 is 5.32 Å². The van der Waals surface area contributed by atoms with Gasteiger partial charge in [0, 0.05) is 6.42 Å². The highest BCUT2D eigenvalue weighted by molar-refractivity contribution is 5.76. The Kier molecular flexibility index (Phi) is 69.8. The van der Waals surface area contributed by atoms with Gasteiger partial charge in [-0.25, -0.2) is 0 Å². The molecule has 2 fully saturated rings. The van der Waals surface area contributed by atoms with Crippen LogP contribution >= 0.6 is 0 Å². The lowest BCUT2D eigenvalue weighted by molar-refractivity contribution is -0.359. The minimum absolute atomic E-state index is 0.194. The second-order valence-corrected chi connectivity index (χ2v) is 32.4. The number of carbonyl (C=O) groups is 1. The van der Waals surface area contributed by atoms with Crippen molar-refractivity contribution in [2.24, 2.45) is 0 Å². The molecular weight excluding hydrogens is 1290 g/mol. The van der Waals surface area contributed by atoms with Gasteiger partial charge >= 0.3 is 0 Å². The Balaban J connectivity index is 1.53. The van der Waals surface area contributed by atoms with Crippen LogP contribution in [-0.2, 0) is 23.7 Å². The molecule has 0 bridgehead atoms. The molecule has 0 saturated carbocycles. The Morgan fingerprint density at radius 3 is 0.922 bits per heavy atom. The van der Waals surface area contributed by atoms with Gasteiger partial charge in [0.1, 0.15) is 48.8 Å². The van der Waals surface area contributed by atoms with Crippen LogP contribution in [0.2, 0.25) is 0 Å². The Morgan fingerprint density at radius 1 is 0.340 bits per heavy atom. The molecule has 0 aromatic rings. The summed E-state index contributed by atoms with van der Waals surface area (Å²) in [6.07, 6.45) is 78.7. The second kappa shape index (κ2) is 73.5. The summed E-state index contributed by atoms with van der Waals surface area (Å²) in [7, 11) is 0. The van der Waals surface area contributed by atoms with Gasteiger partial charge in [-0.1, -0.05) is 424 Å². The molecule has 1 amide bonds. The Morgan fingerprint density at radius 2 is 0.612 bits per heavy atom. The first-order valence-electron chi connectivity index (χ1n) is 45.4. The van der Waals surface area contributed by atoms with E-state index in [1.54, 1.807) is 0 Å². The third-order valence-electron chi connectivity index (χ3n) is 22.7. The number of nitrogens with one attached hydrogen (secondary N) is 1. The average Bonchev–Trinajstić information content (AvgIpc) is 0.791. The Bertz CT molecular complexity index is 1780. The molecule has 103 heavy (non-hydrogen) atoms. The van der Waals surface area contributed by atoms with Crippen molar-refractivity contribution in [3.05, 3.63) is 12.2 Å². The predicted octanol–water partition coefficient (Wildman–Crippen LogP) is 22.0. The zero-order valence-electron chi connectivity index (χ0n) is 67.6. The monoisotopic (exact) mass is 1460 g/mol. The van der Waals surface area contributed by atoms with Crippen LogP contribution in [0, 0.1) is 0 Å². The first-order chi connectivity index (χ1) is 50.6. The van der Waals surface area contributed by atoms with Crippen LogP contribution in [-0.4, -0.2) is 140 Å². The maximum absolute atomic E-state index is 13.4. The van der Waals surface area contributed by atoms with E-state index in [-0.39, 0.29) is 12.5 Å². The maximum atomic E-state index is 13.4. The molecule has 2 rings (SSSR count). The van der Waals surface area contributed by atoms with E-state index >= 15 is 0 Å². The average molecular weight is 1470 g/mol. The normalized spacial score (nSPS) is 21.5. The van der Waals surface area contributed by atoms with Crippen LogP contribution in [0.3, 0.4) is 0 Å². The van der Waals surface area contributed by atoms with Crippen molar-refractivity contribution in [2.45, 2.75) is 530 Å². The van der Waals surface area contributed by atoms with Gasteiger partial charge < -0.3 is 65.1 Å². The van der Waals surface area contributed by atoms with E-state index in [2.05, 4.69) is 31.3 Å². The molecule has 0 aromatic heterocycles. The van der Waals surface area contributed by atoms with Crippen molar-refractivity contribution < 1.29 is 64.6 Å². The molecule has 0 aromatic carbocycles. The largest absolute Gasteiger partial charge is 0.394 e. The Hall–Kier alpha value is -1.27. The number of unbranched alkanes of at least 4 members (excludes halogenated alkanes) is 64. The molecule has 2 aliphatic rings. The number of allylic oxidation sites excluding steroid dienone is 2. The van der Waals surface area contributed by atoms with E-state index in [0.717, 1.165) is 51.4 Å². The van der Waals surface area contributed by atoms with Crippen LogP contribution in [0.15, 0.2) is 12.2 Å². The minimum atomic E-state index is -1.78. The molecule has 0 spiro atoms. The van der Waals surface area contributed by atoms with Crippen LogP contribution in [0.5, 0.6) is 0 Å². The first kappa shape index (κ1) is 97.8. The third-order valence-corrected chi connectivity index (χ3v) is 22.7. The first-order valence-corrected chi connectivity index (χ1v) is 45.4. The fourth-order valence-electron chi connectivity index (χ4n) is 15.6. The molecular formula is C89H173NO13. The number of ether oxygens (including phenoxy) is 4. The molecule has 12 unspecified atom stereocenters. The van der Waals surface area contributed by atoms with Crippen molar-refractivity contribution >= 4 is 5.91 Å². The van der Waals surface area contributed by atoms with Crippen molar-refractivity contribution in [1.82, 2.24) is 5.32 Å². The zero-order valence-corrected chi connectivity index (χ0v) is 67.6. The summed E-state index contributed by atoms with van der Waals surface area (Å²) in [5.41, 5.74) is 0. The van der Waals surface area contributed by atoms with Gasteiger partial charge in [0.2, 0.25) is 5.91 Å². The summed E-state index contributed by atoms with van der Waals surface area (Å²) in [5.74, 6) is -0.194. The lowest BCUT2D eigenvalue weighted by Gasteiger charge is -2.46. The highest BCUT2D eigenvalue weighted by Crippen LogP contribution is 2.31. The number of aliphatic hydroxyl groups excluding tert-OH is 8. The van der Waals surface area contributed by atoms with Gasteiger partial charge in [0.05, 0.1) is 32.0 Å². The third kappa shape index (κ3) is 55.7. The number of hydrogen-bond donors (Lipinski definition) is 9. The summed E-state index contributed by atoms with van der Waals surface area (Å²) in [4.78, 5) is 13.4. The summed E-state index contributed by atoms with van der Waals surface area (Å²) >= 11 is 0. The molecule has 14 heteroatoms. The molecule has 12 atom stereocenters. The van der Waals surface area contributed by atoms with E-state index in [1.165, 1.54) is 379 Å². The SMILES string of the molecule is CCCCCCCCCC/C=C\CCCCCCCCCCCCCCCCCCCCCCCCCCCCCCCC(=O)NC(COC1OC(CO)C(OC2OC(CO)C(O)C(O)C2O)C(O)C1O)C(O)CCCCCCCCCCCCCCCCCCCCCCCCCCCCCC. The maximum Gasteiger partial charge on any atom is 0.220 e. The fourth-order valence-corrected chi connectivity index (χ4v) is 15.6. The van der Waals surface area contributed by atoms with Gasteiger partial charge in [-0.3, -0.25) is 4.79 Å². The number of aliphatic hydroxyl groups is 8. The highest BCUT2D eigenvalue weighted by Gasteiger charge is 2.51. The second-order valence-electron chi connectivity index (χ2n) is 32.4. The van der Waals surface area contributed by atoms with Crippen molar-refractivity contribution in [2.75, 3.05) is 19.8 Å². The fraction of sp³-hybridized carbons (Fsp3) is 0.966. The van der Waals surface area contributed by atoms with Crippen molar-refractivity contribution in [3.8, 4) is 0 Å². The van der Waals surface area contributed by atoms with Crippen LogP contribution in [0.25, 0.3) is 0 Å². The summed E-state index contributed by atoms with van der Waals surface area (Å²) in [6.45, 7) is 2.95. The van der Waals surface area contributed by atoms with Gasteiger partial charge in [-0.2, -0.15) is 0 Å². The quantitative estimate of drug-likeness (QED) is 0.0204. The van der Waals surface area contributed by atoms with Gasteiger partial charge in [-0.15, -0.1) is 0 Å². The molecule has 0 radical (unpaired) electrons. The lowest BCUT2D eigenvalue weighted by atomic mass is 9.97. The molecule has 612 valence electrons. The van der Waals surface area contributed by atoms with E-state index in [4.69, 9.17) is 18.9 Å². The van der Waals surface area contributed by atoms with E-state index < -0.39 is 86.8 Å². The molecule has 2 aliphatic heterocycles. The Labute approximate surface area is 635 Å². The topological polar surface area (TPSA) is 228 Å². The number of rotatable bonds is 79. The van der Waals surface area contributed by atoms with Crippen LogP contribution in [0.4, 0.5) is 0 Å². The summed E-state index contributed by atoms with van der Waals surface area (Å²) < 4.78 is 23.0. The van der Waals surface area contributed by atoms with Crippen LogP contribution in [0.1, 0.15) is 457 Å². The zero-order chi connectivity index (χ0) is 74.4. The van der Waals surface area contributed by atoms with Crippen molar-refractivity contribution in [3.63, 3.8) is 0 Å². The minimum Gasteiger partial charge on any atom is -0.394 e. The molecule has 9 N–H and O–H groups in total. The molecule has 2 saturated heterocycles. The van der Waals surface area contributed by atoms with Gasteiger partial charge in [0.15, 0.2) is 12.6 Å².